The molecule has 1 heterocycles. The Morgan fingerprint density at radius 1 is 1.03 bits per heavy atom. The number of halogens is 6. The van der Waals surface area contributed by atoms with Gasteiger partial charge < -0.3 is 30.3 Å². The molecule has 1 aliphatic heterocycles. The molecule has 0 bridgehead atoms. The Labute approximate surface area is 170 Å². The van der Waals surface area contributed by atoms with Crippen LogP contribution in [-0.2, 0) is 19.1 Å². The minimum Gasteiger partial charge on any atom is -0.542 e. The number of esters is 1. The summed E-state index contributed by atoms with van der Waals surface area (Å²) < 4.78 is 68.1. The molecule has 0 fully saturated rings. The number of fused-ring (bicyclic) bond motifs is 1. The van der Waals surface area contributed by atoms with Crippen LogP contribution in [0.25, 0.3) is 0 Å². The first-order chi connectivity index (χ1) is 14.1. The third kappa shape index (κ3) is 9.90. The summed E-state index contributed by atoms with van der Waals surface area (Å²) in [5, 5.41) is 17.6. The molecule has 1 unspecified atom stereocenters. The second-order valence-corrected chi connectivity index (χ2v) is 5.36. The van der Waals surface area contributed by atoms with Crippen LogP contribution in [0.5, 0.6) is 0 Å². The Bertz CT molecular complexity index is 786. The minimum atomic E-state index is -5.19. The first-order valence-electron chi connectivity index (χ1n) is 8.19. The van der Waals surface area contributed by atoms with E-state index in [4.69, 9.17) is 24.5 Å². The van der Waals surface area contributed by atoms with Crippen LogP contribution >= 0.6 is 0 Å². The lowest BCUT2D eigenvalue weighted by Crippen LogP contribution is -3.11. The molecule has 0 saturated heterocycles. The fourth-order valence-corrected chi connectivity index (χ4v) is 1.96. The van der Waals surface area contributed by atoms with Gasteiger partial charge in [-0.2, -0.15) is 31.3 Å². The number of aliphatic imine (C=N–C) groups is 1. The second kappa shape index (κ2) is 11.8. The second-order valence-electron chi connectivity index (χ2n) is 5.36. The molecule has 0 amide bonds. The molecule has 1 atom stereocenters. The zero-order valence-electron chi connectivity index (χ0n) is 15.8. The van der Waals surface area contributed by atoms with Crippen LogP contribution in [0.1, 0.15) is 6.92 Å². The molecule has 1 aromatic rings. The minimum absolute atomic E-state index is 0.208. The van der Waals surface area contributed by atoms with Crippen molar-refractivity contribution < 1.29 is 66.3 Å². The van der Waals surface area contributed by atoms with Crippen LogP contribution in [0.4, 0.5) is 37.7 Å². The number of hydrogen-bond acceptors (Lipinski definition) is 7. The van der Waals surface area contributed by atoms with Gasteiger partial charge in [-0.1, -0.05) is 12.1 Å². The van der Waals surface area contributed by atoms with E-state index < -0.39 is 24.3 Å². The molecule has 31 heavy (non-hydrogen) atoms. The number of carboxylic acids is 2. The molecular weight excluding hydrogens is 444 g/mol. The topological polar surface area (TPSA) is 151 Å². The highest BCUT2D eigenvalue weighted by molar-refractivity contribution is 5.88. The average molecular weight is 461 g/mol. The molecule has 0 aromatic heterocycles. The summed E-state index contributed by atoms with van der Waals surface area (Å²) in [6.07, 6.45) is -10.4. The third-order valence-corrected chi connectivity index (χ3v) is 3.16. The Morgan fingerprint density at radius 3 is 1.87 bits per heavy atom. The maximum atomic E-state index is 11.6. The molecule has 1 aliphatic rings. The van der Waals surface area contributed by atoms with Crippen LogP contribution < -0.4 is 20.8 Å². The van der Waals surface area contributed by atoms with Gasteiger partial charge in [-0.15, -0.1) is 0 Å². The summed E-state index contributed by atoms with van der Waals surface area (Å²) in [7, 11) is 0. The molecule has 2 rings (SSSR count). The van der Waals surface area contributed by atoms with Gasteiger partial charge in [-0.3, -0.25) is 0 Å². The van der Waals surface area contributed by atoms with E-state index in [0.29, 0.717) is 13.2 Å². The van der Waals surface area contributed by atoms with Gasteiger partial charge in [0.2, 0.25) is 0 Å². The van der Waals surface area contributed by atoms with Gasteiger partial charge in [-0.05, 0) is 13.0 Å². The van der Waals surface area contributed by atoms with Gasteiger partial charge in [0.1, 0.15) is 17.6 Å². The lowest BCUT2D eigenvalue weighted by molar-refractivity contribution is -0.724. The van der Waals surface area contributed by atoms with Gasteiger partial charge in [-0.25, -0.2) is 9.69 Å². The van der Waals surface area contributed by atoms with E-state index in [1.54, 1.807) is 0 Å². The number of aliphatic carboxylic acids is 2. The van der Waals surface area contributed by atoms with Crippen molar-refractivity contribution in [3.63, 3.8) is 0 Å². The highest BCUT2D eigenvalue weighted by atomic mass is 19.4. The fraction of sp³-hybridized carbons (Fsp3) is 0.375. The number of alkyl halides is 6. The highest BCUT2D eigenvalue weighted by Crippen LogP contribution is 2.24. The summed E-state index contributed by atoms with van der Waals surface area (Å²) >= 11 is 0. The number of para-hydroxylation sites is 2. The van der Waals surface area contributed by atoms with E-state index in [2.05, 4.69) is 10.7 Å². The van der Waals surface area contributed by atoms with Crippen molar-refractivity contribution in [2.75, 3.05) is 19.7 Å². The van der Waals surface area contributed by atoms with Crippen molar-refractivity contribution in [3.8, 4) is 0 Å². The number of nitrogens with zero attached hydrogens (tertiary/aromatic N) is 1. The highest BCUT2D eigenvalue weighted by Gasteiger charge is 2.32. The van der Waals surface area contributed by atoms with Crippen molar-refractivity contribution in [1.82, 2.24) is 0 Å². The number of carboxylic acid groups (broad SMARTS) is 2. The summed E-state index contributed by atoms with van der Waals surface area (Å²) in [5.41, 5.74) is 5.80. The van der Waals surface area contributed by atoms with Gasteiger partial charge in [0.15, 0.2) is 18.8 Å². The number of amidine groups is 1. The summed E-state index contributed by atoms with van der Waals surface area (Å²) in [4.78, 5) is 34.5. The van der Waals surface area contributed by atoms with Gasteiger partial charge in [0.05, 0.1) is 6.61 Å². The molecule has 0 spiro atoms. The molecule has 0 aliphatic carbocycles. The zero-order valence-corrected chi connectivity index (χ0v) is 15.8. The van der Waals surface area contributed by atoms with E-state index >= 15 is 0 Å². The molecule has 174 valence electrons. The molecule has 0 radical (unpaired) electrons. The van der Waals surface area contributed by atoms with Crippen LogP contribution in [0, 0.1) is 0 Å². The first-order valence-corrected chi connectivity index (χ1v) is 8.19. The number of ether oxygens (including phenoxy) is 1. The number of quaternary nitrogens is 2. The number of rotatable bonds is 4. The monoisotopic (exact) mass is 461 g/mol. The maximum absolute atomic E-state index is 11.6. The lowest BCUT2D eigenvalue weighted by Gasteiger charge is -2.12. The molecule has 15 heteroatoms. The molecule has 0 saturated carbocycles. The molecular formula is C16H17F6N3O6. The number of carbonyl (C=O) groups is 3. The van der Waals surface area contributed by atoms with Crippen molar-refractivity contribution in [2.45, 2.75) is 19.3 Å². The summed E-state index contributed by atoms with van der Waals surface area (Å²) in [6, 6.07) is 7.82. The van der Waals surface area contributed by atoms with Crippen molar-refractivity contribution in [2.24, 2.45) is 4.99 Å². The SMILES string of the molecule is CCOC(=O)C[NH+]1C(C[NH3+])=Nc2ccccc21.O=C([O-])C(F)(F)F.O=C([O-])C(F)(F)F. The van der Waals surface area contributed by atoms with E-state index in [9.17, 15) is 31.1 Å². The van der Waals surface area contributed by atoms with E-state index in [1.807, 2.05) is 31.2 Å². The predicted octanol–water partition coefficient (Wildman–Crippen LogP) is -2.35. The average Bonchev–Trinajstić information content (AvgIpc) is 2.99. The summed E-state index contributed by atoms with van der Waals surface area (Å²) in [5.74, 6) is -5.33. The molecule has 1 aromatic carbocycles. The van der Waals surface area contributed by atoms with E-state index in [0.717, 1.165) is 22.1 Å². The van der Waals surface area contributed by atoms with Gasteiger partial charge >= 0.3 is 18.3 Å². The van der Waals surface area contributed by atoms with Gasteiger partial charge in [0.25, 0.3) is 5.84 Å². The van der Waals surface area contributed by atoms with Crippen molar-refractivity contribution in [1.29, 1.82) is 0 Å². The van der Waals surface area contributed by atoms with Crippen LogP contribution in [0.2, 0.25) is 0 Å². The van der Waals surface area contributed by atoms with E-state index in [1.165, 1.54) is 0 Å². The van der Waals surface area contributed by atoms with Crippen LogP contribution in [0.15, 0.2) is 29.3 Å². The van der Waals surface area contributed by atoms with Crippen LogP contribution in [-0.4, -0.2) is 55.8 Å². The van der Waals surface area contributed by atoms with Crippen LogP contribution in [0.3, 0.4) is 0 Å². The number of nitrogens with one attached hydrogen (secondary N) is 1. The Morgan fingerprint density at radius 2 is 1.48 bits per heavy atom. The largest absolute Gasteiger partial charge is 0.542 e. The Kier molecular flexibility index (Phi) is 10.6. The number of hydrogen-bond donors (Lipinski definition) is 2. The van der Waals surface area contributed by atoms with Gasteiger partial charge in [0, 0.05) is 6.07 Å². The fourth-order valence-electron chi connectivity index (χ4n) is 1.96. The van der Waals surface area contributed by atoms with E-state index in [-0.39, 0.29) is 12.5 Å². The Balaban J connectivity index is 0.000000536. The van der Waals surface area contributed by atoms with Crippen molar-refractivity contribution >= 4 is 35.1 Å². The normalized spacial score (nSPS) is 14.7. The first kappa shape index (κ1) is 27.8. The number of benzene rings is 1. The summed E-state index contributed by atoms with van der Waals surface area (Å²) in [6.45, 7) is 3.08. The maximum Gasteiger partial charge on any atom is 0.430 e. The smallest absolute Gasteiger partial charge is 0.430 e. The quantitative estimate of drug-likeness (QED) is 0.379. The predicted molar refractivity (Wildman–Crippen MR) is 85.5 cm³/mol. The third-order valence-electron chi connectivity index (χ3n) is 3.16. The standard InChI is InChI=1S/C12H15N3O2.2C2HF3O2/c1-2-17-12(16)8-15-10-6-4-3-5-9(10)14-11(15)7-13;2*3-2(4,5)1(6)7/h3-6H,2,7-8,13H2,1H3;2*(H,6,7). The molecule has 4 N–H and O–H groups in total. The zero-order chi connectivity index (χ0) is 24.4. The number of carbonyl (C=O) groups excluding carboxylic acids is 3. The lowest BCUT2D eigenvalue weighted by atomic mass is 10.2. The Hall–Kier alpha value is -3.20. The van der Waals surface area contributed by atoms with Crippen molar-refractivity contribution in [3.05, 3.63) is 24.3 Å². The molecule has 9 nitrogen and oxygen atoms in total.